The maximum Gasteiger partial charge on any atom is 0.214 e. The van der Waals surface area contributed by atoms with E-state index in [-0.39, 0.29) is 24.0 Å². The number of guanidine groups is 1. The molecule has 2 aromatic rings. The zero-order valence-electron chi connectivity index (χ0n) is 15.6. The van der Waals surface area contributed by atoms with Gasteiger partial charge in [0.2, 0.25) is 5.89 Å². The molecular weight excluding hydrogens is 467 g/mol. The Hall–Kier alpha value is -1.48. The predicted molar refractivity (Wildman–Crippen MR) is 116 cm³/mol. The van der Waals surface area contributed by atoms with Gasteiger partial charge >= 0.3 is 0 Å². The summed E-state index contributed by atoms with van der Waals surface area (Å²) in [5, 5.41) is 7.09. The maximum absolute atomic E-state index is 6.04. The van der Waals surface area contributed by atoms with Gasteiger partial charge in [0.1, 0.15) is 11.5 Å². The van der Waals surface area contributed by atoms with Gasteiger partial charge in [0.15, 0.2) is 5.96 Å². The number of nitrogens with one attached hydrogen (secondary N) is 2. The van der Waals surface area contributed by atoms with E-state index in [4.69, 9.17) is 20.8 Å². The highest BCUT2D eigenvalue weighted by molar-refractivity contribution is 14.0. The van der Waals surface area contributed by atoms with Crippen molar-refractivity contribution in [3.05, 3.63) is 46.1 Å². The Morgan fingerprint density at radius 1 is 1.27 bits per heavy atom. The number of nitrogens with zero attached hydrogens (tertiary/aromatic N) is 2. The van der Waals surface area contributed by atoms with Crippen molar-refractivity contribution in [3.8, 4) is 5.75 Å². The number of benzene rings is 1. The van der Waals surface area contributed by atoms with Gasteiger partial charge in [-0.25, -0.2) is 9.98 Å². The largest absolute Gasteiger partial charge is 0.493 e. The van der Waals surface area contributed by atoms with Crippen LogP contribution in [-0.2, 0) is 13.1 Å². The fourth-order valence-corrected chi connectivity index (χ4v) is 2.39. The van der Waals surface area contributed by atoms with Gasteiger partial charge in [-0.15, -0.1) is 24.0 Å². The number of halogens is 2. The van der Waals surface area contributed by atoms with Gasteiger partial charge in [-0.05, 0) is 39.8 Å². The second-order valence-corrected chi connectivity index (χ2v) is 5.92. The van der Waals surface area contributed by atoms with E-state index in [0.717, 1.165) is 29.3 Å². The molecule has 6 nitrogen and oxygen atoms in total. The van der Waals surface area contributed by atoms with Crippen LogP contribution in [0.2, 0.25) is 5.02 Å². The molecule has 0 aliphatic carbocycles. The molecule has 0 spiro atoms. The number of oxazole rings is 1. The first-order valence-corrected chi connectivity index (χ1v) is 8.77. The van der Waals surface area contributed by atoms with Crippen molar-refractivity contribution in [1.29, 1.82) is 0 Å². The Morgan fingerprint density at radius 2 is 2.04 bits per heavy atom. The number of rotatable bonds is 7. The average molecular weight is 493 g/mol. The van der Waals surface area contributed by atoms with E-state index in [2.05, 4.69) is 20.6 Å². The third kappa shape index (κ3) is 6.68. The van der Waals surface area contributed by atoms with Gasteiger partial charge in [0.05, 0.1) is 25.4 Å². The molecule has 0 saturated heterocycles. The summed E-state index contributed by atoms with van der Waals surface area (Å²) in [6.07, 6.45) is 0. The van der Waals surface area contributed by atoms with Crippen molar-refractivity contribution < 1.29 is 9.15 Å². The molecule has 0 fully saturated rings. The summed E-state index contributed by atoms with van der Waals surface area (Å²) in [6, 6.07) is 5.59. The summed E-state index contributed by atoms with van der Waals surface area (Å²) >= 11 is 6.04. The Labute approximate surface area is 176 Å². The van der Waals surface area contributed by atoms with Gasteiger partial charge in [-0.2, -0.15) is 0 Å². The minimum atomic E-state index is 0. The molecule has 0 saturated carbocycles. The lowest BCUT2D eigenvalue weighted by molar-refractivity contribution is 0.336. The molecule has 1 aromatic heterocycles. The smallest absolute Gasteiger partial charge is 0.214 e. The van der Waals surface area contributed by atoms with Crippen molar-refractivity contribution >= 4 is 41.5 Å². The maximum atomic E-state index is 6.04. The first-order valence-electron chi connectivity index (χ1n) is 8.39. The molecule has 2 N–H and O–H groups in total. The molecule has 8 heteroatoms. The molecular formula is C18H26ClIN4O2. The van der Waals surface area contributed by atoms with Gasteiger partial charge < -0.3 is 19.8 Å². The number of ether oxygens (including phenoxy) is 1. The Bertz CT molecular complexity index is 714. The SMILES string of the molecule is CCNC(=NCc1ccc(Cl)cc1OCC)NCc1nc(C)c(C)o1.I. The predicted octanol–water partition coefficient (Wildman–Crippen LogP) is 4.22. The summed E-state index contributed by atoms with van der Waals surface area (Å²) < 4.78 is 11.2. The topological polar surface area (TPSA) is 71.7 Å². The monoisotopic (exact) mass is 492 g/mol. The molecule has 1 heterocycles. The molecule has 144 valence electrons. The molecule has 0 aliphatic rings. The first kappa shape index (κ1) is 22.6. The molecule has 0 atom stereocenters. The zero-order valence-corrected chi connectivity index (χ0v) is 18.6. The average Bonchev–Trinajstić information content (AvgIpc) is 2.90. The van der Waals surface area contributed by atoms with Gasteiger partial charge in [-0.1, -0.05) is 17.7 Å². The van der Waals surface area contributed by atoms with Crippen molar-refractivity contribution in [2.24, 2.45) is 4.99 Å². The van der Waals surface area contributed by atoms with E-state index in [0.29, 0.717) is 36.6 Å². The third-order valence-corrected chi connectivity index (χ3v) is 3.80. The van der Waals surface area contributed by atoms with Crippen LogP contribution in [0, 0.1) is 13.8 Å². The van der Waals surface area contributed by atoms with Crippen LogP contribution < -0.4 is 15.4 Å². The van der Waals surface area contributed by atoms with E-state index in [1.165, 1.54) is 0 Å². The normalized spacial score (nSPS) is 11.0. The Morgan fingerprint density at radius 3 is 2.65 bits per heavy atom. The summed E-state index contributed by atoms with van der Waals surface area (Å²) in [6.45, 7) is 10.1. The van der Waals surface area contributed by atoms with Crippen LogP contribution in [0.1, 0.15) is 36.8 Å². The zero-order chi connectivity index (χ0) is 18.2. The number of hydrogen-bond acceptors (Lipinski definition) is 4. The second kappa shape index (κ2) is 11.3. The summed E-state index contributed by atoms with van der Waals surface area (Å²) in [4.78, 5) is 8.96. The number of aryl methyl sites for hydroxylation is 2. The lowest BCUT2D eigenvalue weighted by atomic mass is 10.2. The quantitative estimate of drug-likeness (QED) is 0.344. The highest BCUT2D eigenvalue weighted by atomic mass is 127. The van der Waals surface area contributed by atoms with Crippen LogP contribution in [0.25, 0.3) is 0 Å². The summed E-state index contributed by atoms with van der Waals surface area (Å²) in [7, 11) is 0. The van der Waals surface area contributed by atoms with Crippen molar-refractivity contribution in [2.45, 2.75) is 40.8 Å². The fraction of sp³-hybridized carbons (Fsp3) is 0.444. The molecule has 0 radical (unpaired) electrons. The molecule has 0 amide bonds. The van der Waals surface area contributed by atoms with E-state index in [9.17, 15) is 0 Å². The number of hydrogen-bond donors (Lipinski definition) is 2. The molecule has 1 aromatic carbocycles. The molecule has 0 bridgehead atoms. The number of aliphatic imine (C=N–C) groups is 1. The van der Waals surface area contributed by atoms with Crippen molar-refractivity contribution in [1.82, 2.24) is 15.6 Å². The highest BCUT2D eigenvalue weighted by Gasteiger charge is 2.08. The lowest BCUT2D eigenvalue weighted by Gasteiger charge is -2.12. The Balaban J connectivity index is 0.00000338. The lowest BCUT2D eigenvalue weighted by Crippen LogP contribution is -2.36. The van der Waals surface area contributed by atoms with Gasteiger partial charge in [0, 0.05) is 17.1 Å². The van der Waals surface area contributed by atoms with Gasteiger partial charge in [0.25, 0.3) is 0 Å². The van der Waals surface area contributed by atoms with Crippen LogP contribution >= 0.6 is 35.6 Å². The fourth-order valence-electron chi connectivity index (χ4n) is 2.23. The third-order valence-electron chi connectivity index (χ3n) is 3.56. The van der Waals surface area contributed by atoms with Crippen LogP contribution in [0.15, 0.2) is 27.6 Å². The van der Waals surface area contributed by atoms with Gasteiger partial charge in [-0.3, -0.25) is 0 Å². The minimum absolute atomic E-state index is 0. The summed E-state index contributed by atoms with van der Waals surface area (Å²) in [5.74, 6) is 2.92. The van der Waals surface area contributed by atoms with Crippen molar-refractivity contribution in [3.63, 3.8) is 0 Å². The summed E-state index contributed by atoms with van der Waals surface area (Å²) in [5.41, 5.74) is 1.88. The minimum Gasteiger partial charge on any atom is -0.493 e. The van der Waals surface area contributed by atoms with Crippen LogP contribution in [0.3, 0.4) is 0 Å². The molecule has 2 rings (SSSR count). The van der Waals surface area contributed by atoms with Crippen molar-refractivity contribution in [2.75, 3.05) is 13.2 Å². The molecule has 0 aliphatic heterocycles. The van der Waals surface area contributed by atoms with E-state index < -0.39 is 0 Å². The number of aromatic nitrogens is 1. The van der Waals surface area contributed by atoms with E-state index in [1.54, 1.807) is 0 Å². The molecule has 0 unspecified atom stereocenters. The van der Waals surface area contributed by atoms with E-state index >= 15 is 0 Å². The van der Waals surface area contributed by atoms with E-state index in [1.807, 2.05) is 45.9 Å². The standard InChI is InChI=1S/C18H25ClN4O2.HI/c1-5-20-18(22-11-17-23-12(3)13(4)25-17)21-10-14-7-8-15(19)9-16(14)24-6-2;/h7-9H,5-6,10-11H2,1-4H3,(H2,20,21,22);1H. The van der Waals surface area contributed by atoms with Crippen LogP contribution in [-0.4, -0.2) is 24.1 Å². The van der Waals surface area contributed by atoms with Crippen LogP contribution in [0.5, 0.6) is 5.75 Å². The molecule has 26 heavy (non-hydrogen) atoms. The van der Waals surface area contributed by atoms with Crippen LogP contribution in [0.4, 0.5) is 0 Å². The Kier molecular flexibility index (Phi) is 9.79. The second-order valence-electron chi connectivity index (χ2n) is 5.48. The first-order chi connectivity index (χ1) is 12.0. The highest BCUT2D eigenvalue weighted by Crippen LogP contribution is 2.24.